The zero-order chi connectivity index (χ0) is 83.4. The molecule has 114 heavy (non-hydrogen) atoms. The van der Waals surface area contributed by atoms with Gasteiger partial charge in [0.1, 0.15) is 19.3 Å². The van der Waals surface area contributed by atoms with Crippen molar-refractivity contribution in [1.82, 2.24) is 0 Å². The molecule has 5 atom stereocenters. The highest BCUT2D eigenvalue weighted by molar-refractivity contribution is 7.47. The summed E-state index contributed by atoms with van der Waals surface area (Å²) in [5.74, 6) is -0.447. The van der Waals surface area contributed by atoms with E-state index >= 15 is 0 Å². The van der Waals surface area contributed by atoms with Crippen molar-refractivity contribution in [2.75, 3.05) is 39.6 Å². The lowest BCUT2D eigenvalue weighted by Crippen LogP contribution is -2.30. The maximum absolute atomic E-state index is 13.2. The van der Waals surface area contributed by atoms with Gasteiger partial charge in [-0.05, 0) is 37.5 Å². The van der Waals surface area contributed by atoms with Crippen molar-refractivity contribution >= 4 is 39.5 Å². The van der Waals surface area contributed by atoms with Crippen LogP contribution in [0.2, 0.25) is 0 Å². The number of hydrogen-bond acceptors (Lipinski definition) is 15. The average Bonchev–Trinajstić information content (AvgIpc) is 0.900. The Morgan fingerprint density at radius 2 is 0.404 bits per heavy atom. The van der Waals surface area contributed by atoms with Gasteiger partial charge in [-0.1, -0.05) is 465 Å². The number of unbranched alkanes of at least 4 members (excludes halogenated alkanes) is 64. The second-order valence-corrected chi connectivity index (χ2v) is 38.0. The number of phosphoric acid groups is 2. The first kappa shape index (κ1) is 112. The normalized spacial score (nSPS) is 13.7. The number of esters is 4. The van der Waals surface area contributed by atoms with Crippen LogP contribution in [0.15, 0.2) is 0 Å². The number of hydrogen-bond donors (Lipinski definition) is 3. The Morgan fingerprint density at radius 1 is 0.237 bits per heavy atom. The molecule has 0 aromatic heterocycles. The molecule has 0 fully saturated rings. The SMILES string of the molecule is CCCCCCCCCCCCCCCCCCCCCCCC(=O)O[C@H](COC(=O)CCCCCCCCCCCCC)COP(=O)(O)OC[C@H](O)COP(=O)(O)OC[C@@H](COC(=O)CCCCCCCCCCCCCCCCCCCCC(C)C)OC(=O)CCCCCCCCCCCCCCCCCCCCC(C)C. The van der Waals surface area contributed by atoms with Gasteiger partial charge in [-0.25, -0.2) is 9.13 Å². The zero-order valence-corrected chi connectivity index (χ0v) is 77.2. The monoisotopic (exact) mass is 1660 g/mol. The van der Waals surface area contributed by atoms with Crippen LogP contribution in [0.5, 0.6) is 0 Å². The van der Waals surface area contributed by atoms with Gasteiger partial charge in [0.2, 0.25) is 0 Å². The highest BCUT2D eigenvalue weighted by atomic mass is 31.2. The molecule has 0 radical (unpaired) electrons. The fraction of sp³-hybridized carbons (Fsp3) is 0.958. The van der Waals surface area contributed by atoms with Gasteiger partial charge in [0, 0.05) is 25.7 Å². The smallest absolute Gasteiger partial charge is 0.462 e. The maximum atomic E-state index is 13.2. The van der Waals surface area contributed by atoms with Crippen LogP contribution >= 0.6 is 15.6 Å². The van der Waals surface area contributed by atoms with Crippen molar-refractivity contribution in [3.8, 4) is 0 Å². The minimum atomic E-state index is -4.97. The molecular formula is C95H186O17P2. The van der Waals surface area contributed by atoms with Gasteiger partial charge in [-0.15, -0.1) is 0 Å². The van der Waals surface area contributed by atoms with Crippen molar-refractivity contribution in [2.45, 2.75) is 535 Å². The van der Waals surface area contributed by atoms with E-state index in [2.05, 4.69) is 41.5 Å². The van der Waals surface area contributed by atoms with Gasteiger partial charge >= 0.3 is 39.5 Å². The van der Waals surface area contributed by atoms with Gasteiger partial charge in [0.25, 0.3) is 0 Å². The molecule has 0 aromatic carbocycles. The molecule has 0 heterocycles. The summed E-state index contributed by atoms with van der Waals surface area (Å²) in [7, 11) is -9.94. The van der Waals surface area contributed by atoms with E-state index in [9.17, 15) is 43.2 Å². The van der Waals surface area contributed by atoms with Crippen LogP contribution < -0.4 is 0 Å². The second-order valence-electron chi connectivity index (χ2n) is 35.1. The van der Waals surface area contributed by atoms with Crippen LogP contribution in [0.25, 0.3) is 0 Å². The summed E-state index contributed by atoms with van der Waals surface area (Å²) in [6.45, 7) is 9.80. The molecule has 0 amide bonds. The molecule has 2 unspecified atom stereocenters. The van der Waals surface area contributed by atoms with Crippen LogP contribution in [0.1, 0.15) is 517 Å². The summed E-state index contributed by atoms with van der Waals surface area (Å²) >= 11 is 0. The lowest BCUT2D eigenvalue weighted by atomic mass is 10.0. The van der Waals surface area contributed by atoms with Crippen LogP contribution in [-0.2, 0) is 65.4 Å². The van der Waals surface area contributed by atoms with Crippen LogP contribution in [-0.4, -0.2) is 96.7 Å². The van der Waals surface area contributed by atoms with Crippen LogP contribution in [0, 0.1) is 11.8 Å². The third kappa shape index (κ3) is 87.9. The largest absolute Gasteiger partial charge is 0.472 e. The number of carbonyl (C=O) groups excluding carboxylic acids is 4. The fourth-order valence-electron chi connectivity index (χ4n) is 15.0. The van der Waals surface area contributed by atoms with E-state index in [4.69, 9.17) is 37.0 Å². The molecular weight excluding hydrogens is 1470 g/mol. The summed E-state index contributed by atoms with van der Waals surface area (Å²) in [6, 6.07) is 0. The number of phosphoric ester groups is 2. The van der Waals surface area contributed by atoms with E-state index < -0.39 is 97.5 Å². The Bertz CT molecular complexity index is 2170. The maximum Gasteiger partial charge on any atom is 0.472 e. The van der Waals surface area contributed by atoms with Crippen molar-refractivity contribution in [2.24, 2.45) is 11.8 Å². The third-order valence-electron chi connectivity index (χ3n) is 22.5. The summed E-state index contributed by atoms with van der Waals surface area (Å²) in [5.41, 5.74) is 0. The van der Waals surface area contributed by atoms with E-state index in [1.165, 1.54) is 334 Å². The van der Waals surface area contributed by atoms with E-state index in [1.807, 2.05) is 0 Å². The Kier molecular flexibility index (Phi) is 84.6. The molecule has 19 heteroatoms. The average molecular weight is 1660 g/mol. The van der Waals surface area contributed by atoms with E-state index in [-0.39, 0.29) is 25.7 Å². The molecule has 678 valence electrons. The molecule has 0 bridgehead atoms. The number of aliphatic hydroxyl groups excluding tert-OH is 1. The quantitative estimate of drug-likeness (QED) is 0.0222. The number of ether oxygens (including phenoxy) is 4. The first-order valence-corrected chi connectivity index (χ1v) is 52.0. The summed E-state index contributed by atoms with van der Waals surface area (Å²) in [4.78, 5) is 73.5. The van der Waals surface area contributed by atoms with Crippen molar-refractivity contribution in [1.29, 1.82) is 0 Å². The molecule has 0 saturated heterocycles. The summed E-state index contributed by atoms with van der Waals surface area (Å²) < 4.78 is 69.2. The molecule has 0 spiro atoms. The Hall–Kier alpha value is -1.94. The number of carbonyl (C=O) groups is 4. The predicted molar refractivity (Wildman–Crippen MR) is 474 cm³/mol. The van der Waals surface area contributed by atoms with Gasteiger partial charge in [0.05, 0.1) is 26.4 Å². The third-order valence-corrected chi connectivity index (χ3v) is 24.4. The fourth-order valence-corrected chi connectivity index (χ4v) is 16.6. The van der Waals surface area contributed by atoms with Gasteiger partial charge in [0.15, 0.2) is 12.2 Å². The topological polar surface area (TPSA) is 237 Å². The van der Waals surface area contributed by atoms with Crippen molar-refractivity contribution < 1.29 is 80.2 Å². The standard InChI is InChI=1S/C95H186O17P2/c1-7-9-11-13-15-17-19-20-21-22-23-24-25-33-38-43-49-55-61-67-73-79-94(99)111-90(83-105-92(97)77-71-65-59-53-45-18-16-14-12-10-8-2)85-109-113(101,102)107-81-89(96)82-108-114(103,104)110-86-91(112-95(100)80-74-68-62-56-50-44-39-34-29-27-31-36-41-47-52-58-64-70-76-88(5)6)84-106-93(98)78-72-66-60-54-48-42-37-32-28-26-30-35-40-46-51-57-63-69-75-87(3)4/h87-91,96H,7-86H2,1-6H3,(H,101,102)(H,103,104)/t89-,90+,91+/m0/s1. The van der Waals surface area contributed by atoms with E-state index in [0.29, 0.717) is 25.7 Å². The van der Waals surface area contributed by atoms with Crippen LogP contribution in [0.3, 0.4) is 0 Å². The minimum absolute atomic E-state index is 0.109. The highest BCUT2D eigenvalue weighted by Gasteiger charge is 2.31. The summed E-state index contributed by atoms with van der Waals surface area (Å²) in [5, 5.41) is 10.7. The molecule has 3 N–H and O–H groups in total. The second kappa shape index (κ2) is 86.0. The lowest BCUT2D eigenvalue weighted by Gasteiger charge is -2.21. The van der Waals surface area contributed by atoms with Crippen molar-refractivity contribution in [3.63, 3.8) is 0 Å². The van der Waals surface area contributed by atoms with Gasteiger partial charge in [-0.3, -0.25) is 37.3 Å². The molecule has 0 aliphatic rings. The molecule has 0 aromatic rings. The predicted octanol–water partition coefficient (Wildman–Crippen LogP) is 29.7. The number of aliphatic hydroxyl groups is 1. The molecule has 0 rings (SSSR count). The molecule has 0 aliphatic heterocycles. The van der Waals surface area contributed by atoms with Gasteiger partial charge in [-0.2, -0.15) is 0 Å². The first-order chi connectivity index (χ1) is 55.4. The Morgan fingerprint density at radius 3 is 0.596 bits per heavy atom. The highest BCUT2D eigenvalue weighted by Crippen LogP contribution is 2.45. The molecule has 0 aliphatic carbocycles. The Balaban J connectivity index is 5.22. The Labute approximate surface area is 702 Å². The zero-order valence-electron chi connectivity index (χ0n) is 75.4. The minimum Gasteiger partial charge on any atom is -0.462 e. The van der Waals surface area contributed by atoms with Crippen LogP contribution in [0.4, 0.5) is 0 Å². The van der Waals surface area contributed by atoms with E-state index in [0.717, 1.165) is 102 Å². The molecule has 17 nitrogen and oxygen atoms in total. The molecule has 0 saturated carbocycles. The lowest BCUT2D eigenvalue weighted by molar-refractivity contribution is -0.161. The summed E-state index contributed by atoms with van der Waals surface area (Å²) in [6.07, 6.45) is 82.1. The number of rotatable bonds is 94. The van der Waals surface area contributed by atoms with Gasteiger partial charge < -0.3 is 33.8 Å². The first-order valence-electron chi connectivity index (χ1n) is 49.0. The van der Waals surface area contributed by atoms with Crippen molar-refractivity contribution in [3.05, 3.63) is 0 Å². The van der Waals surface area contributed by atoms with E-state index in [1.54, 1.807) is 0 Å².